The summed E-state index contributed by atoms with van der Waals surface area (Å²) < 4.78 is 15.8. The maximum Gasteiger partial charge on any atom is 0.231 e. The van der Waals surface area contributed by atoms with E-state index in [1.54, 1.807) is 12.0 Å². The third-order valence-electron chi connectivity index (χ3n) is 3.54. The molecule has 1 aliphatic rings. The zero-order valence-corrected chi connectivity index (χ0v) is 13.7. The largest absolute Gasteiger partial charge is 0.454 e. The summed E-state index contributed by atoms with van der Waals surface area (Å²) in [6.45, 7) is 3.71. The van der Waals surface area contributed by atoms with Gasteiger partial charge in [-0.25, -0.2) is 0 Å². The zero-order valence-electron chi connectivity index (χ0n) is 12.9. The highest BCUT2D eigenvalue weighted by Crippen LogP contribution is 2.32. The number of nitrogens with two attached hydrogens (primary N) is 1. The van der Waals surface area contributed by atoms with Gasteiger partial charge in [-0.1, -0.05) is 6.07 Å². The summed E-state index contributed by atoms with van der Waals surface area (Å²) in [5.74, 6) is 1.51. The molecule has 0 fully saturated rings. The van der Waals surface area contributed by atoms with Crippen LogP contribution >= 0.6 is 12.4 Å². The summed E-state index contributed by atoms with van der Waals surface area (Å²) in [6.07, 6.45) is 0.0640. The Labute approximate surface area is 136 Å². The second kappa shape index (κ2) is 8.82. The van der Waals surface area contributed by atoms with Gasteiger partial charge in [0.25, 0.3) is 0 Å². The second-order valence-corrected chi connectivity index (χ2v) is 4.89. The molecule has 1 aromatic carbocycles. The molecule has 124 valence electrons. The van der Waals surface area contributed by atoms with Crippen molar-refractivity contribution in [3.63, 3.8) is 0 Å². The van der Waals surface area contributed by atoms with Gasteiger partial charge in [-0.3, -0.25) is 4.79 Å². The van der Waals surface area contributed by atoms with Crippen LogP contribution in [-0.4, -0.2) is 43.9 Å². The van der Waals surface area contributed by atoms with Crippen molar-refractivity contribution in [2.75, 3.05) is 27.0 Å². The van der Waals surface area contributed by atoms with Crippen molar-refractivity contribution in [3.05, 3.63) is 23.8 Å². The first kappa shape index (κ1) is 18.5. The molecule has 0 aromatic heterocycles. The average molecular weight is 331 g/mol. The Kier molecular flexibility index (Phi) is 7.44. The lowest BCUT2D eigenvalue weighted by molar-refractivity contribution is -0.134. The van der Waals surface area contributed by atoms with Gasteiger partial charge >= 0.3 is 0 Å². The number of methoxy groups -OCH3 is 1. The quantitative estimate of drug-likeness (QED) is 0.821. The van der Waals surface area contributed by atoms with Gasteiger partial charge in [-0.05, 0) is 24.6 Å². The minimum atomic E-state index is -0.233. The first-order valence-electron chi connectivity index (χ1n) is 7.07. The van der Waals surface area contributed by atoms with E-state index in [0.717, 1.165) is 17.1 Å². The Morgan fingerprint density at radius 2 is 2.14 bits per heavy atom. The molecule has 2 rings (SSSR count). The van der Waals surface area contributed by atoms with Gasteiger partial charge in [0, 0.05) is 26.7 Å². The van der Waals surface area contributed by atoms with E-state index in [2.05, 4.69) is 0 Å². The van der Waals surface area contributed by atoms with Crippen molar-refractivity contribution in [2.45, 2.75) is 26.0 Å². The summed E-state index contributed by atoms with van der Waals surface area (Å²) in [5.41, 5.74) is 6.57. The lowest BCUT2D eigenvalue weighted by Crippen LogP contribution is -2.35. The SMILES string of the molecule is CCN(Cc1ccc2c(c1)OCO2)C(=O)CC(CN)OC.Cl. The predicted molar refractivity (Wildman–Crippen MR) is 85.4 cm³/mol. The second-order valence-electron chi connectivity index (χ2n) is 4.89. The van der Waals surface area contributed by atoms with E-state index in [-0.39, 0.29) is 31.2 Å². The standard InChI is InChI=1S/C15H22N2O4.ClH/c1-3-17(15(18)7-12(8-16)19-2)9-11-4-5-13-14(6-11)21-10-20-13;/h4-6,12H,3,7-10,16H2,1-2H3;1H. The van der Waals surface area contributed by atoms with Crippen molar-refractivity contribution in [2.24, 2.45) is 5.73 Å². The Hall–Kier alpha value is -1.50. The number of amides is 1. The van der Waals surface area contributed by atoms with E-state index in [1.165, 1.54) is 0 Å². The number of nitrogens with zero attached hydrogens (tertiary/aromatic N) is 1. The number of hydrogen-bond donors (Lipinski definition) is 1. The van der Waals surface area contributed by atoms with Gasteiger partial charge in [0.2, 0.25) is 12.7 Å². The molecule has 1 heterocycles. The molecule has 1 amide bonds. The highest BCUT2D eigenvalue weighted by molar-refractivity contribution is 5.85. The van der Waals surface area contributed by atoms with Crippen molar-refractivity contribution in [1.82, 2.24) is 4.90 Å². The molecule has 1 unspecified atom stereocenters. The highest BCUT2D eigenvalue weighted by atomic mass is 35.5. The van der Waals surface area contributed by atoms with Gasteiger partial charge in [-0.15, -0.1) is 12.4 Å². The van der Waals surface area contributed by atoms with Crippen LogP contribution in [0, 0.1) is 0 Å². The first-order chi connectivity index (χ1) is 10.2. The van der Waals surface area contributed by atoms with Crippen LogP contribution < -0.4 is 15.2 Å². The van der Waals surface area contributed by atoms with Crippen molar-refractivity contribution in [1.29, 1.82) is 0 Å². The molecule has 0 saturated heterocycles. The van der Waals surface area contributed by atoms with Crippen LogP contribution in [0.1, 0.15) is 18.9 Å². The molecule has 0 spiro atoms. The Bertz CT molecular complexity index is 494. The van der Waals surface area contributed by atoms with Crippen LogP contribution in [0.4, 0.5) is 0 Å². The smallest absolute Gasteiger partial charge is 0.231 e. The molecule has 2 N–H and O–H groups in total. The number of rotatable bonds is 7. The zero-order chi connectivity index (χ0) is 15.2. The fourth-order valence-electron chi connectivity index (χ4n) is 2.22. The monoisotopic (exact) mass is 330 g/mol. The number of halogens is 1. The Balaban J connectivity index is 0.00000242. The molecule has 0 radical (unpaired) electrons. The molecule has 1 atom stereocenters. The lowest BCUT2D eigenvalue weighted by atomic mass is 10.1. The van der Waals surface area contributed by atoms with Crippen molar-refractivity contribution in [3.8, 4) is 11.5 Å². The van der Waals surface area contributed by atoms with Gasteiger partial charge < -0.3 is 24.8 Å². The minimum Gasteiger partial charge on any atom is -0.454 e. The number of hydrogen-bond acceptors (Lipinski definition) is 5. The van der Waals surface area contributed by atoms with Crippen molar-refractivity contribution >= 4 is 18.3 Å². The predicted octanol–water partition coefficient (Wildman–Crippen LogP) is 1.55. The number of fused-ring (bicyclic) bond motifs is 1. The maximum absolute atomic E-state index is 12.3. The number of carbonyl (C=O) groups excluding carboxylic acids is 1. The molecule has 7 heteroatoms. The molecule has 1 aromatic rings. The summed E-state index contributed by atoms with van der Waals surface area (Å²) in [5, 5.41) is 0. The summed E-state index contributed by atoms with van der Waals surface area (Å²) in [7, 11) is 1.57. The first-order valence-corrected chi connectivity index (χ1v) is 7.07. The molecular formula is C15H23ClN2O4. The van der Waals surface area contributed by atoms with Crippen LogP contribution in [0.5, 0.6) is 11.5 Å². The van der Waals surface area contributed by atoms with E-state index in [4.69, 9.17) is 19.9 Å². The topological polar surface area (TPSA) is 74.0 Å². The van der Waals surface area contributed by atoms with Crippen LogP contribution in [0.25, 0.3) is 0 Å². The highest BCUT2D eigenvalue weighted by Gasteiger charge is 2.19. The minimum absolute atomic E-state index is 0. The van der Waals surface area contributed by atoms with E-state index in [0.29, 0.717) is 26.1 Å². The number of benzene rings is 1. The summed E-state index contributed by atoms with van der Waals surface area (Å²) in [4.78, 5) is 14.1. The fourth-order valence-corrected chi connectivity index (χ4v) is 2.22. The third-order valence-corrected chi connectivity index (χ3v) is 3.54. The maximum atomic E-state index is 12.3. The van der Waals surface area contributed by atoms with E-state index >= 15 is 0 Å². The number of carbonyl (C=O) groups is 1. The van der Waals surface area contributed by atoms with Crippen LogP contribution in [0.2, 0.25) is 0 Å². The average Bonchev–Trinajstić information content (AvgIpc) is 2.97. The number of ether oxygens (including phenoxy) is 3. The Morgan fingerprint density at radius 3 is 2.77 bits per heavy atom. The summed E-state index contributed by atoms with van der Waals surface area (Å²) in [6, 6.07) is 5.73. The van der Waals surface area contributed by atoms with Gasteiger partial charge in [0.15, 0.2) is 11.5 Å². The van der Waals surface area contributed by atoms with E-state index in [9.17, 15) is 4.79 Å². The van der Waals surface area contributed by atoms with Gasteiger partial charge in [0.1, 0.15) is 0 Å². The van der Waals surface area contributed by atoms with Crippen LogP contribution in [0.15, 0.2) is 18.2 Å². The van der Waals surface area contributed by atoms with Gasteiger partial charge in [0.05, 0.1) is 12.5 Å². The molecule has 0 bridgehead atoms. The van der Waals surface area contributed by atoms with Crippen LogP contribution in [-0.2, 0) is 16.1 Å². The fraction of sp³-hybridized carbons (Fsp3) is 0.533. The van der Waals surface area contributed by atoms with Gasteiger partial charge in [-0.2, -0.15) is 0 Å². The molecule has 6 nitrogen and oxygen atoms in total. The Morgan fingerprint density at radius 1 is 1.41 bits per heavy atom. The molecule has 22 heavy (non-hydrogen) atoms. The summed E-state index contributed by atoms with van der Waals surface area (Å²) >= 11 is 0. The molecule has 0 saturated carbocycles. The molecule has 0 aliphatic carbocycles. The third kappa shape index (κ3) is 4.50. The van der Waals surface area contributed by atoms with Crippen LogP contribution in [0.3, 0.4) is 0 Å². The molecular weight excluding hydrogens is 308 g/mol. The lowest BCUT2D eigenvalue weighted by Gasteiger charge is -2.23. The molecule has 1 aliphatic heterocycles. The van der Waals surface area contributed by atoms with E-state index < -0.39 is 0 Å². The van der Waals surface area contributed by atoms with E-state index in [1.807, 2.05) is 25.1 Å². The normalized spacial score (nSPS) is 13.4. The van der Waals surface area contributed by atoms with Crippen molar-refractivity contribution < 1.29 is 19.0 Å².